The third-order valence-corrected chi connectivity index (χ3v) is 2.50. The summed E-state index contributed by atoms with van der Waals surface area (Å²) >= 11 is 2.18. The van der Waals surface area contributed by atoms with Gasteiger partial charge in [-0.15, -0.1) is 34.0 Å². The van der Waals surface area contributed by atoms with Crippen LogP contribution in [-0.4, -0.2) is 0 Å². The van der Waals surface area contributed by atoms with Crippen LogP contribution < -0.4 is 0 Å². The molecule has 0 unspecified atom stereocenters. The summed E-state index contributed by atoms with van der Waals surface area (Å²) < 4.78 is 1.51. The molecular formula is C6H9Br2Ir. The van der Waals surface area contributed by atoms with Crippen LogP contribution in [0, 0.1) is 0 Å². The molecule has 3 heteroatoms. The van der Waals surface area contributed by atoms with Crippen LogP contribution in [0.15, 0.2) is 21.8 Å². The van der Waals surface area contributed by atoms with Gasteiger partial charge in [-0.3, -0.25) is 0 Å². The van der Waals surface area contributed by atoms with Gasteiger partial charge in [-0.25, -0.2) is 0 Å². The maximum absolute atomic E-state index is 2.20. The van der Waals surface area contributed by atoms with E-state index in [0.717, 1.165) is 0 Å². The molecule has 1 aliphatic rings. The molecule has 0 saturated heterocycles. The van der Waals surface area contributed by atoms with Crippen molar-refractivity contribution in [2.75, 3.05) is 0 Å². The molecule has 1 aliphatic carbocycles. The summed E-state index contributed by atoms with van der Waals surface area (Å²) in [5.74, 6) is 0. The van der Waals surface area contributed by atoms with Crippen molar-refractivity contribution in [2.45, 2.75) is 13.3 Å². The van der Waals surface area contributed by atoms with Gasteiger partial charge in [0.25, 0.3) is 0 Å². The monoisotopic (exact) mass is 432 g/mol. The average molecular weight is 433 g/mol. The van der Waals surface area contributed by atoms with Crippen LogP contribution in [0.2, 0.25) is 0 Å². The molecule has 0 radical (unpaired) electrons. The Balaban J connectivity index is 0. The van der Waals surface area contributed by atoms with Crippen molar-refractivity contribution >= 4 is 34.0 Å². The molecule has 0 bridgehead atoms. The molecule has 0 amide bonds. The molecule has 0 aromatic heterocycles. The molecule has 0 N–H and O–H groups in total. The van der Waals surface area contributed by atoms with E-state index < -0.39 is 0 Å². The van der Waals surface area contributed by atoms with Crippen LogP contribution in [0.5, 0.6) is 0 Å². The molecule has 1 rings (SSSR count). The van der Waals surface area contributed by atoms with Crippen LogP contribution >= 0.6 is 34.0 Å². The van der Waals surface area contributed by atoms with Crippen molar-refractivity contribution < 1.29 is 18.9 Å². The zero-order valence-electron chi connectivity index (χ0n) is 5.01. The first-order valence-corrected chi connectivity index (χ1v) is 3.50. The molecule has 0 aliphatic heterocycles. The molecule has 0 spiro atoms. The van der Waals surface area contributed by atoms with Gasteiger partial charge in [-0.05, 0) is 0 Å². The Bertz CT molecular complexity index is 138. The number of halogens is 2. The zero-order valence-corrected chi connectivity index (χ0v) is 10.8. The van der Waals surface area contributed by atoms with Gasteiger partial charge in [0, 0.05) is 0 Å². The van der Waals surface area contributed by atoms with E-state index in [2.05, 4.69) is 38.0 Å². The van der Waals surface area contributed by atoms with Crippen molar-refractivity contribution in [3.63, 3.8) is 0 Å². The van der Waals surface area contributed by atoms with Gasteiger partial charge < -0.3 is 0 Å². The topological polar surface area (TPSA) is 0 Å². The normalized spacial score (nSPS) is 15.0. The predicted molar refractivity (Wildman–Crippen MR) is 47.1 cm³/mol. The van der Waals surface area contributed by atoms with Gasteiger partial charge in [0.1, 0.15) is 0 Å². The standard InChI is InChI=1S/C6H7.2BrH.Ir/c1-6-4-2-3-5-6;;;/h2,4H,3H2,1H3;2*1H;. The summed E-state index contributed by atoms with van der Waals surface area (Å²) in [6.45, 7) is 2.15. The van der Waals surface area contributed by atoms with E-state index in [0.29, 0.717) is 0 Å². The second kappa shape index (κ2) is 5.84. The van der Waals surface area contributed by atoms with Crippen molar-refractivity contribution in [1.82, 2.24) is 0 Å². The van der Waals surface area contributed by atoms with E-state index in [1.165, 1.54) is 16.1 Å². The van der Waals surface area contributed by atoms with Crippen molar-refractivity contribution in [1.29, 1.82) is 0 Å². The first kappa shape index (κ1) is 12.7. The molecule has 0 aromatic rings. The number of rotatable bonds is 0. The van der Waals surface area contributed by atoms with Crippen molar-refractivity contribution in [3.8, 4) is 0 Å². The van der Waals surface area contributed by atoms with Gasteiger partial charge in [-0.1, -0.05) is 0 Å². The summed E-state index contributed by atoms with van der Waals surface area (Å²) in [7, 11) is 0. The Morgan fingerprint density at radius 1 is 1.44 bits per heavy atom. The molecule has 56 valence electrons. The van der Waals surface area contributed by atoms with Gasteiger partial charge in [-0.2, -0.15) is 0 Å². The van der Waals surface area contributed by atoms with Crippen molar-refractivity contribution in [2.24, 2.45) is 0 Å². The van der Waals surface area contributed by atoms with E-state index in [-0.39, 0.29) is 34.0 Å². The minimum atomic E-state index is 0. The van der Waals surface area contributed by atoms with Crippen LogP contribution in [0.1, 0.15) is 13.3 Å². The average Bonchev–Trinajstić information content (AvgIpc) is 1.91. The van der Waals surface area contributed by atoms with Gasteiger partial charge >= 0.3 is 54.1 Å². The minimum absolute atomic E-state index is 0. The summed E-state index contributed by atoms with van der Waals surface area (Å²) in [5, 5.41) is 0. The predicted octanol–water partition coefficient (Wildman–Crippen LogP) is 2.92. The fourth-order valence-corrected chi connectivity index (χ4v) is 1.06. The third-order valence-electron chi connectivity index (χ3n) is 1.07. The Morgan fingerprint density at radius 2 is 2.00 bits per heavy atom. The Morgan fingerprint density at radius 3 is 2.11 bits per heavy atom. The van der Waals surface area contributed by atoms with Gasteiger partial charge in [0.15, 0.2) is 0 Å². The molecule has 0 fully saturated rings. The van der Waals surface area contributed by atoms with E-state index in [1.807, 2.05) is 0 Å². The Hall–Kier alpha value is 1.09. The van der Waals surface area contributed by atoms with Crippen LogP contribution in [0.25, 0.3) is 0 Å². The van der Waals surface area contributed by atoms with Crippen LogP contribution in [0.4, 0.5) is 0 Å². The SMILES string of the molecule is Br.Br.CC1=[C]([Ir])CC=C1. The number of allylic oxidation sites excluding steroid dienone is 4. The molecule has 0 atom stereocenters. The molecule has 0 heterocycles. The van der Waals surface area contributed by atoms with E-state index in [4.69, 9.17) is 0 Å². The van der Waals surface area contributed by atoms with E-state index >= 15 is 0 Å². The van der Waals surface area contributed by atoms with Crippen LogP contribution in [0.3, 0.4) is 0 Å². The first-order chi connectivity index (χ1) is 3.30. The molecule has 0 nitrogen and oxygen atoms in total. The number of hydrogen-bond donors (Lipinski definition) is 0. The molecule has 9 heavy (non-hydrogen) atoms. The van der Waals surface area contributed by atoms with Crippen LogP contribution in [-0.2, 0) is 18.9 Å². The van der Waals surface area contributed by atoms with Gasteiger partial charge in [0.05, 0.1) is 0 Å². The fourth-order valence-electron chi connectivity index (χ4n) is 0.582. The van der Waals surface area contributed by atoms with Crippen molar-refractivity contribution in [3.05, 3.63) is 21.8 Å². The molecule has 0 saturated carbocycles. The third kappa shape index (κ3) is 3.71. The second-order valence-electron chi connectivity index (χ2n) is 1.67. The summed E-state index contributed by atoms with van der Waals surface area (Å²) in [5.41, 5.74) is 1.44. The summed E-state index contributed by atoms with van der Waals surface area (Å²) in [4.78, 5) is 0. The molecular weight excluding hydrogens is 424 g/mol. The van der Waals surface area contributed by atoms with E-state index in [1.54, 1.807) is 0 Å². The quantitative estimate of drug-likeness (QED) is 0.552. The Labute approximate surface area is 87.5 Å². The Kier molecular flexibility index (Phi) is 8.27. The first-order valence-electron chi connectivity index (χ1n) is 2.30. The van der Waals surface area contributed by atoms with E-state index in [9.17, 15) is 0 Å². The summed E-state index contributed by atoms with van der Waals surface area (Å²) in [6, 6.07) is 0. The second-order valence-corrected chi connectivity index (χ2v) is 3.11. The fraction of sp³-hybridized carbons (Fsp3) is 0.333. The maximum atomic E-state index is 2.20. The zero-order chi connectivity index (χ0) is 5.28. The van der Waals surface area contributed by atoms with Gasteiger partial charge in [0.2, 0.25) is 0 Å². The summed E-state index contributed by atoms with van der Waals surface area (Å²) in [6.07, 6.45) is 5.55. The molecule has 0 aromatic carbocycles. The number of hydrogen-bond acceptors (Lipinski definition) is 0.